The summed E-state index contributed by atoms with van der Waals surface area (Å²) in [7, 11) is 0. The van der Waals surface area contributed by atoms with Crippen LogP contribution in [0.2, 0.25) is 0 Å². The molecule has 196 valence electrons. The topological polar surface area (TPSA) is 95.9 Å². The SMILES string of the molecule is Cc1cc(OCC(C)Cc2ccc(C(=O)NCC(O)C(=O)O)cc2)cc(C)c1-c1ccc(C(C)C)cc1. The van der Waals surface area contributed by atoms with E-state index in [4.69, 9.17) is 9.84 Å². The first-order valence-corrected chi connectivity index (χ1v) is 12.7. The van der Waals surface area contributed by atoms with Gasteiger partial charge in [0.2, 0.25) is 0 Å². The average Bonchev–Trinajstić information content (AvgIpc) is 2.86. The molecule has 0 aliphatic rings. The van der Waals surface area contributed by atoms with E-state index in [2.05, 4.69) is 76.3 Å². The van der Waals surface area contributed by atoms with Gasteiger partial charge in [-0.15, -0.1) is 0 Å². The fourth-order valence-electron chi connectivity index (χ4n) is 4.37. The van der Waals surface area contributed by atoms with Crippen molar-refractivity contribution in [3.63, 3.8) is 0 Å². The zero-order valence-corrected chi connectivity index (χ0v) is 22.2. The summed E-state index contributed by atoms with van der Waals surface area (Å²) in [6, 6.07) is 20.2. The Morgan fingerprint density at radius 3 is 2.05 bits per heavy atom. The zero-order chi connectivity index (χ0) is 27.1. The molecular formula is C31H37NO5. The van der Waals surface area contributed by atoms with Crippen LogP contribution < -0.4 is 10.1 Å². The number of nitrogens with one attached hydrogen (secondary N) is 1. The van der Waals surface area contributed by atoms with Gasteiger partial charge in [-0.25, -0.2) is 4.79 Å². The highest BCUT2D eigenvalue weighted by atomic mass is 16.5. The Morgan fingerprint density at radius 2 is 1.51 bits per heavy atom. The predicted octanol–water partition coefficient (Wildman–Crippen LogP) is 5.53. The normalized spacial score (nSPS) is 12.7. The monoisotopic (exact) mass is 503 g/mol. The third-order valence-electron chi connectivity index (χ3n) is 6.45. The summed E-state index contributed by atoms with van der Waals surface area (Å²) in [5.41, 5.74) is 7.66. The van der Waals surface area contributed by atoms with E-state index in [1.807, 2.05) is 12.1 Å². The predicted molar refractivity (Wildman–Crippen MR) is 146 cm³/mol. The van der Waals surface area contributed by atoms with Gasteiger partial charge in [0, 0.05) is 5.56 Å². The van der Waals surface area contributed by atoms with Crippen molar-refractivity contribution >= 4 is 11.9 Å². The van der Waals surface area contributed by atoms with Crippen LogP contribution in [0.15, 0.2) is 60.7 Å². The second kappa shape index (κ2) is 12.5. The van der Waals surface area contributed by atoms with Gasteiger partial charge in [0.05, 0.1) is 13.2 Å². The molecule has 0 aromatic heterocycles. The molecule has 0 fully saturated rings. The Hall–Kier alpha value is -3.64. The molecule has 3 aromatic rings. The lowest BCUT2D eigenvalue weighted by atomic mass is 9.93. The third kappa shape index (κ3) is 7.67. The highest BCUT2D eigenvalue weighted by Crippen LogP contribution is 2.32. The Morgan fingerprint density at radius 1 is 0.919 bits per heavy atom. The minimum atomic E-state index is -1.62. The number of hydrogen-bond donors (Lipinski definition) is 3. The number of aliphatic hydroxyl groups excluding tert-OH is 1. The van der Waals surface area contributed by atoms with Crippen LogP contribution in [0, 0.1) is 19.8 Å². The Balaban J connectivity index is 1.55. The van der Waals surface area contributed by atoms with Crippen LogP contribution in [0.5, 0.6) is 5.75 Å². The summed E-state index contributed by atoms with van der Waals surface area (Å²) < 4.78 is 6.14. The van der Waals surface area contributed by atoms with E-state index in [9.17, 15) is 14.7 Å². The maximum atomic E-state index is 12.1. The van der Waals surface area contributed by atoms with E-state index < -0.39 is 18.0 Å². The Kier molecular flexibility index (Phi) is 9.48. The van der Waals surface area contributed by atoms with Crippen LogP contribution >= 0.6 is 0 Å². The van der Waals surface area contributed by atoms with Crippen LogP contribution in [0.3, 0.4) is 0 Å². The van der Waals surface area contributed by atoms with Crippen molar-refractivity contribution in [2.75, 3.05) is 13.2 Å². The van der Waals surface area contributed by atoms with Crippen molar-refractivity contribution in [1.82, 2.24) is 5.32 Å². The van der Waals surface area contributed by atoms with Gasteiger partial charge >= 0.3 is 5.97 Å². The first kappa shape index (κ1) is 27.9. The maximum Gasteiger partial charge on any atom is 0.334 e. The summed E-state index contributed by atoms with van der Waals surface area (Å²) in [4.78, 5) is 22.8. The number of carboxylic acids is 1. The Labute approximate surface area is 219 Å². The highest BCUT2D eigenvalue weighted by Gasteiger charge is 2.15. The molecule has 1 amide bonds. The molecule has 0 heterocycles. The molecule has 0 aliphatic heterocycles. The largest absolute Gasteiger partial charge is 0.493 e. The second-order valence-corrected chi connectivity index (χ2v) is 10.1. The molecule has 3 aromatic carbocycles. The van der Waals surface area contributed by atoms with E-state index >= 15 is 0 Å². The van der Waals surface area contributed by atoms with Gasteiger partial charge in [-0.2, -0.15) is 0 Å². The minimum absolute atomic E-state index is 0.259. The van der Waals surface area contributed by atoms with Gasteiger partial charge in [-0.1, -0.05) is 57.2 Å². The number of carboxylic acid groups (broad SMARTS) is 1. The molecular weight excluding hydrogens is 466 g/mol. The number of benzene rings is 3. The van der Waals surface area contributed by atoms with Gasteiger partial charge in [0.25, 0.3) is 5.91 Å². The fraction of sp³-hybridized carbons (Fsp3) is 0.355. The van der Waals surface area contributed by atoms with Crippen molar-refractivity contribution < 1.29 is 24.5 Å². The Bertz CT molecular complexity index is 1190. The van der Waals surface area contributed by atoms with Crippen molar-refractivity contribution in [3.05, 3.63) is 88.5 Å². The number of carbonyl (C=O) groups excluding carboxylic acids is 1. The van der Waals surface area contributed by atoms with E-state index in [1.165, 1.54) is 27.8 Å². The number of aryl methyl sites for hydroxylation is 2. The molecule has 0 saturated carbocycles. The first-order chi connectivity index (χ1) is 17.5. The van der Waals surface area contributed by atoms with Crippen molar-refractivity contribution in [1.29, 1.82) is 0 Å². The number of ether oxygens (including phenoxy) is 1. The highest BCUT2D eigenvalue weighted by molar-refractivity contribution is 5.94. The lowest BCUT2D eigenvalue weighted by molar-refractivity contribution is -0.146. The molecule has 0 aliphatic carbocycles. The lowest BCUT2D eigenvalue weighted by Gasteiger charge is -2.17. The van der Waals surface area contributed by atoms with Gasteiger partial charge in [0.1, 0.15) is 5.75 Å². The van der Waals surface area contributed by atoms with E-state index in [-0.39, 0.29) is 12.5 Å². The molecule has 2 atom stereocenters. The first-order valence-electron chi connectivity index (χ1n) is 12.7. The van der Waals surface area contributed by atoms with Crippen LogP contribution in [0.4, 0.5) is 0 Å². The van der Waals surface area contributed by atoms with Gasteiger partial charge in [-0.3, -0.25) is 4.79 Å². The summed E-state index contributed by atoms with van der Waals surface area (Å²) >= 11 is 0. The van der Waals surface area contributed by atoms with Crippen LogP contribution in [0.1, 0.15) is 59.3 Å². The van der Waals surface area contributed by atoms with Gasteiger partial charge < -0.3 is 20.3 Å². The number of aliphatic hydroxyl groups is 1. The van der Waals surface area contributed by atoms with Crippen molar-refractivity contribution in [2.45, 2.75) is 53.1 Å². The van der Waals surface area contributed by atoms with E-state index in [0.717, 1.165) is 17.7 Å². The average molecular weight is 504 g/mol. The van der Waals surface area contributed by atoms with Gasteiger partial charge in [-0.05, 0) is 89.8 Å². The van der Waals surface area contributed by atoms with Crippen LogP contribution in [-0.2, 0) is 11.2 Å². The van der Waals surface area contributed by atoms with E-state index in [1.54, 1.807) is 12.1 Å². The number of amides is 1. The summed E-state index contributed by atoms with van der Waals surface area (Å²) in [5, 5.41) is 20.4. The summed E-state index contributed by atoms with van der Waals surface area (Å²) in [6.07, 6.45) is -0.832. The molecule has 37 heavy (non-hydrogen) atoms. The quantitative estimate of drug-likeness (QED) is 0.320. The molecule has 3 N–H and O–H groups in total. The maximum absolute atomic E-state index is 12.1. The molecule has 0 saturated heterocycles. The molecule has 0 bridgehead atoms. The van der Waals surface area contributed by atoms with Gasteiger partial charge in [0.15, 0.2) is 6.10 Å². The zero-order valence-electron chi connectivity index (χ0n) is 22.2. The number of hydrogen-bond acceptors (Lipinski definition) is 4. The number of carbonyl (C=O) groups is 2. The van der Waals surface area contributed by atoms with Crippen LogP contribution in [-0.4, -0.2) is 41.3 Å². The summed E-state index contributed by atoms with van der Waals surface area (Å²) in [5.74, 6) is -0.163. The third-order valence-corrected chi connectivity index (χ3v) is 6.45. The smallest absolute Gasteiger partial charge is 0.334 e. The van der Waals surface area contributed by atoms with E-state index in [0.29, 0.717) is 18.1 Å². The van der Waals surface area contributed by atoms with Crippen molar-refractivity contribution in [3.8, 4) is 16.9 Å². The molecule has 2 unspecified atom stereocenters. The summed E-state index contributed by atoms with van der Waals surface area (Å²) in [6.45, 7) is 11.0. The number of aliphatic carboxylic acids is 1. The fourth-order valence-corrected chi connectivity index (χ4v) is 4.37. The lowest BCUT2D eigenvalue weighted by Crippen LogP contribution is -2.36. The molecule has 3 rings (SSSR count). The molecule has 0 spiro atoms. The second-order valence-electron chi connectivity index (χ2n) is 10.1. The minimum Gasteiger partial charge on any atom is -0.493 e. The van der Waals surface area contributed by atoms with Crippen LogP contribution in [0.25, 0.3) is 11.1 Å². The molecule has 6 nitrogen and oxygen atoms in total. The number of rotatable bonds is 11. The molecule has 6 heteroatoms. The van der Waals surface area contributed by atoms with Crippen molar-refractivity contribution in [2.24, 2.45) is 5.92 Å². The molecule has 0 radical (unpaired) electrons. The standard InChI is InChI=1S/C31H37NO5/c1-19(2)24-10-12-25(13-11-24)29-21(4)15-27(16-22(29)5)37-18-20(3)14-23-6-8-26(9-7-23)30(34)32-17-28(33)31(35)36/h6-13,15-16,19-20,28,33H,14,17-18H2,1-5H3,(H,32,34)(H,35,36).